The van der Waals surface area contributed by atoms with Crippen molar-refractivity contribution in [3.8, 4) is 0 Å². The second-order valence-corrected chi connectivity index (χ2v) is 7.26. The Kier molecular flexibility index (Phi) is 5.59. The van der Waals surface area contributed by atoms with Gasteiger partial charge < -0.3 is 5.11 Å². The zero-order valence-corrected chi connectivity index (χ0v) is 13.2. The van der Waals surface area contributed by atoms with Crippen molar-refractivity contribution in [2.75, 3.05) is 20.2 Å². The fourth-order valence-corrected chi connectivity index (χ4v) is 3.92. The SMILES string of the molecule is CN(CCCO)S(=O)(=O)c1cc(Br)ccc1Br. The highest BCUT2D eigenvalue weighted by Crippen LogP contribution is 2.27. The number of aliphatic hydroxyl groups is 1. The maximum atomic E-state index is 12.2. The molecule has 1 aromatic carbocycles. The Hall–Kier alpha value is 0.0500. The van der Waals surface area contributed by atoms with Crippen LogP contribution < -0.4 is 0 Å². The lowest BCUT2D eigenvalue weighted by Crippen LogP contribution is -2.28. The predicted molar refractivity (Wildman–Crippen MR) is 73.4 cm³/mol. The molecular weight excluding hydrogens is 374 g/mol. The largest absolute Gasteiger partial charge is 0.396 e. The average Bonchev–Trinajstić information content (AvgIpc) is 2.28. The Morgan fingerprint density at radius 2 is 2.00 bits per heavy atom. The van der Waals surface area contributed by atoms with E-state index in [-0.39, 0.29) is 18.0 Å². The van der Waals surface area contributed by atoms with E-state index in [0.29, 0.717) is 15.4 Å². The summed E-state index contributed by atoms with van der Waals surface area (Å²) >= 11 is 6.47. The highest BCUT2D eigenvalue weighted by Gasteiger charge is 2.23. The summed E-state index contributed by atoms with van der Waals surface area (Å²) in [6, 6.07) is 4.99. The van der Waals surface area contributed by atoms with E-state index >= 15 is 0 Å². The summed E-state index contributed by atoms with van der Waals surface area (Å²) in [7, 11) is -2.02. The van der Waals surface area contributed by atoms with Crippen LogP contribution in [0.4, 0.5) is 0 Å². The minimum atomic E-state index is -3.52. The van der Waals surface area contributed by atoms with Crippen molar-refractivity contribution in [2.45, 2.75) is 11.3 Å². The fourth-order valence-electron chi connectivity index (χ4n) is 1.26. The van der Waals surface area contributed by atoms with Gasteiger partial charge in [0.05, 0.1) is 4.90 Å². The highest BCUT2D eigenvalue weighted by atomic mass is 79.9. The zero-order valence-electron chi connectivity index (χ0n) is 9.23. The van der Waals surface area contributed by atoms with Gasteiger partial charge in [-0.15, -0.1) is 0 Å². The van der Waals surface area contributed by atoms with E-state index in [1.807, 2.05) is 0 Å². The first-order chi connectivity index (χ1) is 7.89. The van der Waals surface area contributed by atoms with Gasteiger partial charge in [-0.3, -0.25) is 0 Å². The molecule has 96 valence electrons. The molecular formula is C10H13Br2NO3S. The first-order valence-electron chi connectivity index (χ1n) is 4.92. The molecule has 1 rings (SSSR count). The Morgan fingerprint density at radius 1 is 1.35 bits per heavy atom. The fraction of sp³-hybridized carbons (Fsp3) is 0.400. The van der Waals surface area contributed by atoms with Crippen molar-refractivity contribution < 1.29 is 13.5 Å². The lowest BCUT2D eigenvalue weighted by molar-refractivity contribution is 0.275. The van der Waals surface area contributed by atoms with Gasteiger partial charge >= 0.3 is 0 Å². The first kappa shape index (κ1) is 15.1. The molecule has 0 bridgehead atoms. The van der Waals surface area contributed by atoms with Crippen LogP contribution in [0.25, 0.3) is 0 Å². The molecule has 0 fully saturated rings. The number of nitrogens with zero attached hydrogens (tertiary/aromatic N) is 1. The summed E-state index contributed by atoms with van der Waals surface area (Å²) in [5.74, 6) is 0. The third-order valence-electron chi connectivity index (χ3n) is 2.21. The molecule has 0 aliphatic rings. The Morgan fingerprint density at radius 3 is 2.59 bits per heavy atom. The predicted octanol–water partition coefficient (Wildman–Crippen LogP) is 2.21. The number of hydrogen-bond donors (Lipinski definition) is 1. The molecule has 0 spiro atoms. The topological polar surface area (TPSA) is 57.6 Å². The van der Waals surface area contributed by atoms with Crippen molar-refractivity contribution >= 4 is 41.9 Å². The van der Waals surface area contributed by atoms with Gasteiger partial charge in [-0.25, -0.2) is 12.7 Å². The van der Waals surface area contributed by atoms with Crippen LogP contribution in [0, 0.1) is 0 Å². The van der Waals surface area contributed by atoms with E-state index < -0.39 is 10.0 Å². The molecule has 0 aromatic heterocycles. The van der Waals surface area contributed by atoms with Gasteiger partial charge in [-0.1, -0.05) is 15.9 Å². The molecule has 0 unspecified atom stereocenters. The molecule has 0 saturated carbocycles. The molecule has 0 aliphatic heterocycles. The molecule has 0 atom stereocenters. The summed E-state index contributed by atoms with van der Waals surface area (Å²) in [6.07, 6.45) is 0.418. The van der Waals surface area contributed by atoms with E-state index in [1.165, 1.54) is 11.4 Å². The third-order valence-corrected chi connectivity index (χ3v) is 5.56. The minimum absolute atomic E-state index is 0.0283. The lowest BCUT2D eigenvalue weighted by atomic mass is 10.4. The number of aliphatic hydroxyl groups excluding tert-OH is 1. The standard InChI is InChI=1S/C10H13Br2NO3S/c1-13(5-2-6-14)17(15,16)10-7-8(11)3-4-9(10)12/h3-4,7,14H,2,5-6H2,1H3. The van der Waals surface area contributed by atoms with E-state index in [0.717, 1.165) is 0 Å². The molecule has 0 amide bonds. The van der Waals surface area contributed by atoms with Crippen LogP contribution in [0.3, 0.4) is 0 Å². The molecule has 1 aromatic rings. The van der Waals surface area contributed by atoms with Crippen molar-refractivity contribution in [3.63, 3.8) is 0 Å². The van der Waals surface area contributed by atoms with Crippen LogP contribution in [-0.4, -0.2) is 38.0 Å². The summed E-state index contributed by atoms with van der Waals surface area (Å²) in [6.45, 7) is 0.261. The zero-order chi connectivity index (χ0) is 13.1. The smallest absolute Gasteiger partial charge is 0.243 e. The van der Waals surface area contributed by atoms with Crippen molar-refractivity contribution in [2.24, 2.45) is 0 Å². The number of hydrogen-bond acceptors (Lipinski definition) is 3. The average molecular weight is 387 g/mol. The maximum Gasteiger partial charge on any atom is 0.243 e. The van der Waals surface area contributed by atoms with Gasteiger partial charge in [0.1, 0.15) is 0 Å². The molecule has 7 heteroatoms. The van der Waals surface area contributed by atoms with Gasteiger partial charge in [0, 0.05) is 29.1 Å². The molecule has 0 aliphatic carbocycles. The third kappa shape index (κ3) is 3.75. The van der Waals surface area contributed by atoms with Crippen LogP contribution in [-0.2, 0) is 10.0 Å². The summed E-state index contributed by atoms with van der Waals surface area (Å²) in [5, 5.41) is 8.71. The van der Waals surface area contributed by atoms with Crippen molar-refractivity contribution in [1.29, 1.82) is 0 Å². The second-order valence-electron chi connectivity index (χ2n) is 3.48. The molecule has 0 radical (unpaired) electrons. The Labute approximate surface area is 118 Å². The van der Waals surface area contributed by atoms with Gasteiger partial charge in [0.2, 0.25) is 10.0 Å². The van der Waals surface area contributed by atoms with Crippen LogP contribution in [0.15, 0.2) is 32.0 Å². The van der Waals surface area contributed by atoms with Crippen molar-refractivity contribution in [1.82, 2.24) is 4.31 Å². The Balaban J connectivity index is 3.08. The molecule has 17 heavy (non-hydrogen) atoms. The van der Waals surface area contributed by atoms with Gasteiger partial charge in [-0.05, 0) is 40.5 Å². The van der Waals surface area contributed by atoms with E-state index in [2.05, 4.69) is 31.9 Å². The normalized spacial score (nSPS) is 12.1. The quantitative estimate of drug-likeness (QED) is 0.843. The van der Waals surface area contributed by atoms with E-state index in [1.54, 1.807) is 18.2 Å². The van der Waals surface area contributed by atoms with Crippen LogP contribution >= 0.6 is 31.9 Å². The lowest BCUT2D eigenvalue weighted by Gasteiger charge is -2.17. The molecule has 0 heterocycles. The molecule has 4 nitrogen and oxygen atoms in total. The summed E-state index contributed by atoms with van der Waals surface area (Å²) in [4.78, 5) is 0.215. The van der Waals surface area contributed by atoms with Crippen LogP contribution in [0.5, 0.6) is 0 Å². The number of halogens is 2. The van der Waals surface area contributed by atoms with Crippen LogP contribution in [0.2, 0.25) is 0 Å². The van der Waals surface area contributed by atoms with Crippen molar-refractivity contribution in [3.05, 3.63) is 27.1 Å². The molecule has 1 N–H and O–H groups in total. The number of benzene rings is 1. The highest BCUT2D eigenvalue weighted by molar-refractivity contribution is 9.11. The number of rotatable bonds is 5. The summed E-state index contributed by atoms with van der Waals surface area (Å²) in [5.41, 5.74) is 0. The summed E-state index contributed by atoms with van der Waals surface area (Å²) < 4.78 is 26.9. The van der Waals surface area contributed by atoms with E-state index in [4.69, 9.17) is 5.11 Å². The molecule has 0 saturated heterocycles. The Bertz CT molecular complexity index is 490. The first-order valence-corrected chi connectivity index (χ1v) is 7.94. The maximum absolute atomic E-state index is 12.2. The second kappa shape index (κ2) is 6.29. The monoisotopic (exact) mass is 385 g/mol. The minimum Gasteiger partial charge on any atom is -0.396 e. The van der Waals surface area contributed by atoms with Gasteiger partial charge in [0.25, 0.3) is 0 Å². The van der Waals surface area contributed by atoms with Gasteiger partial charge in [0.15, 0.2) is 0 Å². The number of sulfonamides is 1. The van der Waals surface area contributed by atoms with Gasteiger partial charge in [-0.2, -0.15) is 0 Å². The van der Waals surface area contributed by atoms with Crippen LogP contribution in [0.1, 0.15) is 6.42 Å². The van der Waals surface area contributed by atoms with E-state index in [9.17, 15) is 8.42 Å².